The van der Waals surface area contributed by atoms with Gasteiger partial charge < -0.3 is 15.7 Å². The van der Waals surface area contributed by atoms with E-state index in [-0.39, 0.29) is 46.0 Å². The molecule has 1 amide bonds. The molecule has 2 aliphatic rings. The smallest absolute Gasteiger partial charge is 0.382 e. The predicted octanol–water partition coefficient (Wildman–Crippen LogP) is 2.65. The minimum Gasteiger partial charge on any atom is -0.382 e. The van der Waals surface area contributed by atoms with Gasteiger partial charge in [-0.15, -0.1) is 0 Å². The molecule has 0 radical (unpaired) electrons. The zero-order chi connectivity index (χ0) is 29.3. The molecule has 0 aromatic carbocycles. The van der Waals surface area contributed by atoms with E-state index in [9.17, 15) is 31.5 Å². The van der Waals surface area contributed by atoms with Gasteiger partial charge in [0.05, 0.1) is 17.6 Å². The number of nitrogens with two attached hydrogens (primary N) is 1. The van der Waals surface area contributed by atoms with Crippen LogP contribution < -0.4 is 5.73 Å². The lowest BCUT2D eigenvalue weighted by Gasteiger charge is -2.39. The fraction of sp³-hybridized carbons (Fsp3) is 0.400. The number of hydrogen-bond acceptors (Lipinski definition) is 9. The maximum Gasteiger partial charge on any atom is 0.420 e. The van der Waals surface area contributed by atoms with E-state index in [1.165, 1.54) is 16.8 Å². The van der Waals surface area contributed by atoms with Crippen molar-refractivity contribution in [2.75, 3.05) is 12.0 Å². The summed E-state index contributed by atoms with van der Waals surface area (Å²) in [5, 5.41) is 20.4. The van der Waals surface area contributed by atoms with Gasteiger partial charge in [0, 0.05) is 47.8 Å². The number of fused-ring (bicyclic) bond motifs is 3. The Morgan fingerprint density at radius 3 is 2.44 bits per heavy atom. The number of H-pyrrole nitrogens is 1. The third-order valence-corrected chi connectivity index (χ3v) is 8.96. The normalized spacial score (nSPS) is 21.9. The lowest BCUT2D eigenvalue weighted by Crippen LogP contribution is -2.46. The molecule has 0 saturated carbocycles. The maximum atomic E-state index is 13.1. The van der Waals surface area contributed by atoms with Crippen molar-refractivity contribution in [3.8, 4) is 11.1 Å². The lowest BCUT2D eigenvalue weighted by molar-refractivity contribution is -0.207. The van der Waals surface area contributed by atoms with Crippen LogP contribution in [0.25, 0.3) is 16.8 Å². The first-order valence-corrected chi connectivity index (χ1v) is 14.6. The Balaban J connectivity index is 1.40. The summed E-state index contributed by atoms with van der Waals surface area (Å²) < 4.78 is 65.8. The molecule has 1 unspecified atom stereocenters. The van der Waals surface area contributed by atoms with Crippen LogP contribution in [0.2, 0.25) is 0 Å². The van der Waals surface area contributed by atoms with E-state index in [1.807, 2.05) is 4.90 Å². The molecule has 12 nitrogen and oxygen atoms in total. The molecular weight excluding hydrogens is 565 g/mol. The summed E-state index contributed by atoms with van der Waals surface area (Å²) in [6.45, 7) is 0. The highest BCUT2D eigenvalue weighted by Crippen LogP contribution is 2.45. The van der Waals surface area contributed by atoms with Gasteiger partial charge in [-0.1, -0.05) is 6.07 Å². The number of pyridine rings is 1. The van der Waals surface area contributed by atoms with Crippen LogP contribution >= 0.6 is 0 Å². The number of piperidine rings is 1. The van der Waals surface area contributed by atoms with Crippen molar-refractivity contribution >= 4 is 27.2 Å². The fourth-order valence-corrected chi connectivity index (χ4v) is 7.07. The number of aliphatic hydroxyl groups is 1. The number of carbonyl (C=O) groups excluding carboxylic acids is 1. The Morgan fingerprint density at radius 1 is 1.17 bits per heavy atom. The molecule has 2 saturated heterocycles. The average molecular weight is 591 g/mol. The first-order valence-electron chi connectivity index (χ1n) is 12.7. The molecular formula is C25H25F3N8O4S. The Bertz CT molecular complexity index is 1730. The van der Waals surface area contributed by atoms with Crippen LogP contribution in [-0.4, -0.2) is 78.6 Å². The fourth-order valence-electron chi connectivity index (χ4n) is 6.02. The number of aliphatic hydroxyl groups excluding tert-OH is 1. The summed E-state index contributed by atoms with van der Waals surface area (Å²) in [6.07, 6.45) is -0.0238. The zero-order valence-electron chi connectivity index (χ0n) is 21.6. The van der Waals surface area contributed by atoms with Crippen molar-refractivity contribution in [3.05, 3.63) is 53.9 Å². The van der Waals surface area contributed by atoms with Crippen LogP contribution in [0.3, 0.4) is 0 Å². The largest absolute Gasteiger partial charge is 0.420 e. The van der Waals surface area contributed by atoms with Crippen LogP contribution in [0, 0.1) is 0 Å². The number of hydrogen-bond donors (Lipinski definition) is 3. The van der Waals surface area contributed by atoms with Crippen LogP contribution in [0.4, 0.5) is 19.0 Å². The molecule has 216 valence electrons. The molecule has 6 heterocycles. The third-order valence-electron chi connectivity index (χ3n) is 7.80. The summed E-state index contributed by atoms with van der Waals surface area (Å²) in [6, 6.07) is 3.72. The Hall–Kier alpha value is -4.05. The summed E-state index contributed by atoms with van der Waals surface area (Å²) in [5.74, 6) is -0.663. The van der Waals surface area contributed by atoms with Crippen molar-refractivity contribution in [2.24, 2.45) is 0 Å². The number of aromatic amines is 1. The number of nitrogens with zero attached hydrogens (tertiary/aromatic N) is 6. The monoisotopic (exact) mass is 590 g/mol. The maximum absolute atomic E-state index is 13.1. The minimum atomic E-state index is -4.87. The Labute approximate surface area is 231 Å². The molecule has 2 aliphatic heterocycles. The van der Waals surface area contributed by atoms with Crippen LogP contribution in [0.5, 0.6) is 0 Å². The second-order valence-electron chi connectivity index (χ2n) is 10.4. The molecule has 16 heteroatoms. The second-order valence-corrected chi connectivity index (χ2v) is 12.4. The number of rotatable bonds is 5. The number of amides is 1. The molecule has 2 fully saturated rings. The van der Waals surface area contributed by atoms with E-state index in [2.05, 4.69) is 20.3 Å². The van der Waals surface area contributed by atoms with Gasteiger partial charge in [-0.2, -0.15) is 27.9 Å². The highest BCUT2D eigenvalue weighted by Gasteiger charge is 2.46. The van der Waals surface area contributed by atoms with E-state index >= 15 is 0 Å². The van der Waals surface area contributed by atoms with Crippen molar-refractivity contribution in [2.45, 2.75) is 60.9 Å². The zero-order valence-corrected chi connectivity index (χ0v) is 22.4. The number of alkyl halides is 3. The molecule has 4 aromatic heterocycles. The van der Waals surface area contributed by atoms with E-state index in [1.54, 1.807) is 12.3 Å². The molecule has 6 rings (SSSR count). The molecule has 2 bridgehead atoms. The Kier molecular flexibility index (Phi) is 6.29. The summed E-state index contributed by atoms with van der Waals surface area (Å²) in [4.78, 5) is 23.3. The topological polar surface area (TPSA) is 172 Å². The van der Waals surface area contributed by atoms with E-state index in [0.29, 0.717) is 29.7 Å². The van der Waals surface area contributed by atoms with Gasteiger partial charge in [0.15, 0.2) is 21.6 Å². The standard InChI is InChI=1S/C25H25F3N8O4S/c1-41(39,40)20-19(13-8-14-3-4-15(9-13)35(14)24(38)18-6-7-31-34-18)33-23-16(11-32-36(23)22(20)29)12-2-5-17(30-10-12)21(37)25(26,27)28/h2,5-7,10-11,13-15,21,37H,3-4,8-9,29H2,1H3,(H,31,34)/t13-,14-,15+,21?. The Morgan fingerprint density at radius 2 is 1.88 bits per heavy atom. The highest BCUT2D eigenvalue weighted by molar-refractivity contribution is 7.91. The quantitative estimate of drug-likeness (QED) is 0.316. The molecule has 41 heavy (non-hydrogen) atoms. The van der Waals surface area contributed by atoms with Crippen LogP contribution in [0.1, 0.15) is 59.6 Å². The number of sulfone groups is 1. The number of carbonyl (C=O) groups is 1. The van der Waals surface area contributed by atoms with Gasteiger partial charge in [0.1, 0.15) is 16.4 Å². The first-order chi connectivity index (χ1) is 19.3. The van der Waals surface area contributed by atoms with Gasteiger partial charge >= 0.3 is 6.18 Å². The third kappa shape index (κ3) is 4.60. The number of halogens is 3. The van der Waals surface area contributed by atoms with Crippen molar-refractivity contribution in [1.82, 2.24) is 34.7 Å². The summed E-state index contributed by atoms with van der Waals surface area (Å²) in [7, 11) is -3.86. The van der Waals surface area contributed by atoms with Crippen LogP contribution in [-0.2, 0) is 9.84 Å². The number of anilines is 1. The number of aromatic nitrogens is 6. The van der Waals surface area contributed by atoms with Gasteiger partial charge in [0.2, 0.25) is 0 Å². The molecule has 0 spiro atoms. The lowest BCUT2D eigenvalue weighted by atomic mass is 9.87. The predicted molar refractivity (Wildman–Crippen MR) is 138 cm³/mol. The molecule has 4 atom stereocenters. The van der Waals surface area contributed by atoms with Crippen molar-refractivity contribution in [1.29, 1.82) is 0 Å². The second kappa shape index (κ2) is 9.51. The number of nitrogens with one attached hydrogen (secondary N) is 1. The molecule has 0 aliphatic carbocycles. The van der Waals surface area contributed by atoms with Gasteiger partial charge in [-0.25, -0.2) is 13.4 Å². The summed E-state index contributed by atoms with van der Waals surface area (Å²) in [5.41, 5.74) is 7.30. The molecule has 4 aromatic rings. The van der Waals surface area contributed by atoms with Crippen molar-refractivity contribution in [3.63, 3.8) is 0 Å². The summed E-state index contributed by atoms with van der Waals surface area (Å²) >= 11 is 0. The average Bonchev–Trinajstić information content (AvgIpc) is 3.65. The van der Waals surface area contributed by atoms with Gasteiger partial charge in [-0.05, 0) is 37.8 Å². The molecule has 4 N–H and O–H groups in total. The van der Waals surface area contributed by atoms with Crippen LogP contribution in [0.15, 0.2) is 41.7 Å². The van der Waals surface area contributed by atoms with E-state index < -0.39 is 27.8 Å². The minimum absolute atomic E-state index is 0.141. The number of nitrogen functional groups attached to an aromatic ring is 1. The van der Waals surface area contributed by atoms with Gasteiger partial charge in [-0.3, -0.25) is 14.9 Å². The van der Waals surface area contributed by atoms with Crippen molar-refractivity contribution < 1.29 is 31.5 Å². The SMILES string of the molecule is CS(=O)(=O)c1c([C@@H]2C[C@H]3CC[C@@H](C2)N3C(=O)c2cc[nH]n2)nc2c(-c3ccc(C(O)C(F)(F)F)nc3)cnn2c1N. The van der Waals surface area contributed by atoms with E-state index in [0.717, 1.165) is 31.4 Å². The highest BCUT2D eigenvalue weighted by atomic mass is 32.2. The first kappa shape index (κ1) is 27.1. The van der Waals surface area contributed by atoms with E-state index in [4.69, 9.17) is 10.7 Å². The van der Waals surface area contributed by atoms with Gasteiger partial charge in [0.25, 0.3) is 5.91 Å².